The van der Waals surface area contributed by atoms with Crippen molar-refractivity contribution >= 4 is 17.3 Å². The lowest BCUT2D eigenvalue weighted by atomic mass is 9.99. The standard InChI is InChI=1S/C14H12ClNO2/c1-10-4-2-3-5-11(10)8-12-6-7-13(15)9-14(12)16(17)18/h2-7,9H,8H2,1H3. The van der Waals surface area contributed by atoms with Crippen LogP contribution in [0.25, 0.3) is 0 Å². The first-order valence-corrected chi connectivity index (χ1v) is 5.93. The lowest BCUT2D eigenvalue weighted by Crippen LogP contribution is -1.98. The molecule has 0 bridgehead atoms. The lowest BCUT2D eigenvalue weighted by molar-refractivity contribution is -0.385. The Morgan fingerprint density at radius 1 is 1.17 bits per heavy atom. The molecule has 2 aromatic carbocycles. The summed E-state index contributed by atoms with van der Waals surface area (Å²) in [5.41, 5.74) is 2.97. The Labute approximate surface area is 110 Å². The minimum atomic E-state index is -0.389. The van der Waals surface area contributed by atoms with Gasteiger partial charge in [-0.15, -0.1) is 0 Å². The fourth-order valence-electron chi connectivity index (χ4n) is 1.87. The van der Waals surface area contributed by atoms with E-state index in [2.05, 4.69) is 0 Å². The van der Waals surface area contributed by atoms with Gasteiger partial charge >= 0.3 is 0 Å². The first-order chi connectivity index (χ1) is 8.58. The first kappa shape index (κ1) is 12.6. The van der Waals surface area contributed by atoms with E-state index in [0.29, 0.717) is 17.0 Å². The van der Waals surface area contributed by atoms with Crippen LogP contribution in [-0.4, -0.2) is 4.92 Å². The fraction of sp³-hybridized carbons (Fsp3) is 0.143. The minimum Gasteiger partial charge on any atom is -0.258 e. The van der Waals surface area contributed by atoms with Crippen LogP contribution in [0, 0.1) is 17.0 Å². The van der Waals surface area contributed by atoms with Crippen molar-refractivity contribution < 1.29 is 4.92 Å². The third kappa shape index (κ3) is 2.68. The molecule has 4 heteroatoms. The quantitative estimate of drug-likeness (QED) is 0.615. The Morgan fingerprint density at radius 2 is 1.89 bits per heavy atom. The zero-order valence-corrected chi connectivity index (χ0v) is 10.6. The summed E-state index contributed by atoms with van der Waals surface area (Å²) in [4.78, 5) is 10.6. The van der Waals surface area contributed by atoms with Crippen LogP contribution in [0.2, 0.25) is 5.02 Å². The second kappa shape index (κ2) is 5.19. The van der Waals surface area contributed by atoms with Gasteiger partial charge in [-0.2, -0.15) is 0 Å². The van der Waals surface area contributed by atoms with E-state index in [4.69, 9.17) is 11.6 Å². The van der Waals surface area contributed by atoms with Gasteiger partial charge < -0.3 is 0 Å². The van der Waals surface area contributed by atoms with Crippen molar-refractivity contribution in [2.45, 2.75) is 13.3 Å². The molecule has 2 rings (SSSR count). The van der Waals surface area contributed by atoms with Gasteiger partial charge in [0.2, 0.25) is 0 Å². The first-order valence-electron chi connectivity index (χ1n) is 5.55. The number of benzene rings is 2. The Bertz CT molecular complexity index is 596. The Kier molecular flexibility index (Phi) is 3.63. The summed E-state index contributed by atoms with van der Waals surface area (Å²) >= 11 is 5.79. The number of nitrogens with zero attached hydrogens (tertiary/aromatic N) is 1. The molecular formula is C14H12ClNO2. The smallest absolute Gasteiger partial charge is 0.258 e. The van der Waals surface area contributed by atoms with Gasteiger partial charge in [0.15, 0.2) is 0 Å². The second-order valence-electron chi connectivity index (χ2n) is 4.13. The number of nitro groups is 1. The van der Waals surface area contributed by atoms with Crippen LogP contribution in [0.5, 0.6) is 0 Å². The van der Waals surface area contributed by atoms with Gasteiger partial charge in [0, 0.05) is 23.1 Å². The van der Waals surface area contributed by atoms with E-state index in [9.17, 15) is 10.1 Å². The zero-order chi connectivity index (χ0) is 13.1. The van der Waals surface area contributed by atoms with Gasteiger partial charge in [-0.3, -0.25) is 10.1 Å². The van der Waals surface area contributed by atoms with Gasteiger partial charge in [-0.25, -0.2) is 0 Å². The molecule has 0 heterocycles. The normalized spacial score (nSPS) is 10.3. The predicted molar refractivity (Wildman–Crippen MR) is 72.1 cm³/mol. The summed E-state index contributed by atoms with van der Waals surface area (Å²) in [7, 11) is 0. The lowest BCUT2D eigenvalue weighted by Gasteiger charge is -2.06. The molecule has 0 atom stereocenters. The van der Waals surface area contributed by atoms with Crippen LogP contribution in [0.1, 0.15) is 16.7 Å². The van der Waals surface area contributed by atoms with Crippen molar-refractivity contribution in [3.8, 4) is 0 Å². The highest BCUT2D eigenvalue weighted by Crippen LogP contribution is 2.26. The highest BCUT2D eigenvalue weighted by Gasteiger charge is 2.14. The van der Waals surface area contributed by atoms with Crippen LogP contribution in [0.15, 0.2) is 42.5 Å². The Hall–Kier alpha value is -1.87. The van der Waals surface area contributed by atoms with Crippen LogP contribution >= 0.6 is 11.6 Å². The SMILES string of the molecule is Cc1ccccc1Cc1ccc(Cl)cc1[N+](=O)[O-]. The monoisotopic (exact) mass is 261 g/mol. The van der Waals surface area contributed by atoms with Crippen molar-refractivity contribution in [2.75, 3.05) is 0 Å². The maximum Gasteiger partial charge on any atom is 0.274 e. The molecule has 3 nitrogen and oxygen atoms in total. The summed E-state index contributed by atoms with van der Waals surface area (Å²) in [6.45, 7) is 2.00. The van der Waals surface area contributed by atoms with Gasteiger partial charge in [0.1, 0.15) is 0 Å². The fourth-order valence-corrected chi connectivity index (χ4v) is 2.04. The highest BCUT2D eigenvalue weighted by atomic mass is 35.5. The van der Waals surface area contributed by atoms with E-state index >= 15 is 0 Å². The van der Waals surface area contributed by atoms with Crippen molar-refractivity contribution in [1.82, 2.24) is 0 Å². The summed E-state index contributed by atoms with van der Waals surface area (Å²) in [5, 5.41) is 11.4. The van der Waals surface area contributed by atoms with Crippen molar-refractivity contribution in [3.05, 3.63) is 74.3 Å². The highest BCUT2D eigenvalue weighted by molar-refractivity contribution is 6.30. The van der Waals surface area contributed by atoms with Crippen molar-refractivity contribution in [1.29, 1.82) is 0 Å². The van der Waals surface area contributed by atoms with E-state index < -0.39 is 0 Å². The van der Waals surface area contributed by atoms with Crippen LogP contribution < -0.4 is 0 Å². The van der Waals surface area contributed by atoms with E-state index in [1.807, 2.05) is 31.2 Å². The van der Waals surface area contributed by atoms with Crippen LogP contribution in [0.4, 0.5) is 5.69 Å². The summed E-state index contributed by atoms with van der Waals surface area (Å²) < 4.78 is 0. The molecule has 0 spiro atoms. The number of nitro benzene ring substituents is 1. The molecule has 0 fully saturated rings. The average molecular weight is 262 g/mol. The molecule has 92 valence electrons. The molecule has 2 aromatic rings. The average Bonchev–Trinajstić information content (AvgIpc) is 2.34. The third-order valence-corrected chi connectivity index (χ3v) is 3.12. The summed E-state index contributed by atoms with van der Waals surface area (Å²) in [6, 6.07) is 12.7. The molecule has 0 aliphatic rings. The maximum atomic E-state index is 11.0. The Morgan fingerprint density at radius 3 is 2.56 bits per heavy atom. The number of halogens is 1. The molecule has 0 aliphatic heterocycles. The topological polar surface area (TPSA) is 43.1 Å². The largest absolute Gasteiger partial charge is 0.274 e. The summed E-state index contributed by atoms with van der Waals surface area (Å²) in [6.07, 6.45) is 0.542. The van der Waals surface area contributed by atoms with Gasteiger partial charge in [-0.1, -0.05) is 41.9 Å². The second-order valence-corrected chi connectivity index (χ2v) is 4.57. The number of hydrogen-bond donors (Lipinski definition) is 0. The summed E-state index contributed by atoms with van der Waals surface area (Å²) in [5.74, 6) is 0. The third-order valence-electron chi connectivity index (χ3n) is 2.89. The molecule has 18 heavy (non-hydrogen) atoms. The van der Waals surface area contributed by atoms with E-state index in [-0.39, 0.29) is 10.6 Å². The Balaban J connectivity index is 2.41. The molecule has 0 saturated carbocycles. The molecule has 0 saturated heterocycles. The van der Waals surface area contributed by atoms with E-state index in [0.717, 1.165) is 11.1 Å². The molecular weight excluding hydrogens is 250 g/mol. The molecule has 0 radical (unpaired) electrons. The number of hydrogen-bond acceptors (Lipinski definition) is 2. The van der Waals surface area contributed by atoms with Crippen molar-refractivity contribution in [2.24, 2.45) is 0 Å². The maximum absolute atomic E-state index is 11.0. The minimum absolute atomic E-state index is 0.0748. The van der Waals surface area contributed by atoms with E-state index in [1.165, 1.54) is 6.07 Å². The molecule has 0 aromatic heterocycles. The van der Waals surface area contributed by atoms with E-state index in [1.54, 1.807) is 12.1 Å². The van der Waals surface area contributed by atoms with Gasteiger partial charge in [-0.05, 0) is 24.1 Å². The van der Waals surface area contributed by atoms with Crippen LogP contribution in [0.3, 0.4) is 0 Å². The predicted octanol–water partition coefficient (Wildman–Crippen LogP) is 4.15. The van der Waals surface area contributed by atoms with Gasteiger partial charge in [0.25, 0.3) is 5.69 Å². The molecule has 0 unspecified atom stereocenters. The number of rotatable bonds is 3. The molecule has 0 amide bonds. The van der Waals surface area contributed by atoms with Crippen molar-refractivity contribution in [3.63, 3.8) is 0 Å². The van der Waals surface area contributed by atoms with Crippen LogP contribution in [-0.2, 0) is 6.42 Å². The zero-order valence-electron chi connectivity index (χ0n) is 9.89. The number of aryl methyl sites for hydroxylation is 1. The van der Waals surface area contributed by atoms with Gasteiger partial charge in [0.05, 0.1) is 4.92 Å². The molecule has 0 N–H and O–H groups in total. The molecule has 0 aliphatic carbocycles.